The monoisotopic (exact) mass is 357 g/mol. The van der Waals surface area contributed by atoms with E-state index in [-0.39, 0.29) is 6.03 Å². The molecule has 0 aromatic carbocycles. The third-order valence-electron chi connectivity index (χ3n) is 4.47. The second-order valence-corrected chi connectivity index (χ2v) is 6.81. The molecular weight excluding hydrogens is 337 g/mol. The molecule has 0 saturated carbocycles. The summed E-state index contributed by atoms with van der Waals surface area (Å²) in [6.07, 6.45) is 3.20. The molecule has 0 bridgehead atoms. The lowest BCUT2D eigenvalue weighted by molar-refractivity contribution is 0.120. The zero-order valence-corrected chi connectivity index (χ0v) is 14.7. The van der Waals surface area contributed by atoms with E-state index in [1.807, 2.05) is 9.80 Å². The minimum absolute atomic E-state index is 0.143. The number of carbonyl (C=O) groups is 1. The van der Waals surface area contributed by atoms with Crippen LogP contribution in [0.5, 0.6) is 0 Å². The van der Waals surface area contributed by atoms with Crippen LogP contribution in [-0.2, 0) is 0 Å². The molecule has 2 saturated heterocycles. The molecule has 0 aliphatic carbocycles. The molecule has 126 valence electrons. The van der Waals surface area contributed by atoms with Crippen molar-refractivity contribution in [2.24, 2.45) is 0 Å². The highest BCUT2D eigenvalue weighted by Crippen LogP contribution is 2.33. The lowest BCUT2D eigenvalue weighted by Crippen LogP contribution is -2.56. The number of rotatable bonds is 1. The summed E-state index contributed by atoms with van der Waals surface area (Å²) < 4.78 is 0. The van der Waals surface area contributed by atoms with Crippen molar-refractivity contribution >= 4 is 34.9 Å². The van der Waals surface area contributed by atoms with Gasteiger partial charge in [0.15, 0.2) is 0 Å². The Morgan fingerprint density at radius 2 is 1.39 bits per heavy atom. The van der Waals surface area contributed by atoms with Crippen LogP contribution in [0.2, 0.25) is 10.0 Å². The van der Waals surface area contributed by atoms with E-state index in [1.54, 1.807) is 12.4 Å². The second kappa shape index (κ2) is 7.11. The number of amides is 2. The highest BCUT2D eigenvalue weighted by molar-refractivity contribution is 6.38. The van der Waals surface area contributed by atoms with Crippen molar-refractivity contribution < 1.29 is 4.79 Å². The van der Waals surface area contributed by atoms with Crippen LogP contribution in [0.4, 0.5) is 10.5 Å². The summed E-state index contributed by atoms with van der Waals surface area (Å²) in [5.74, 6) is 0. The summed E-state index contributed by atoms with van der Waals surface area (Å²) in [5, 5.41) is 1.10. The Bertz CT molecular complexity index is 549. The molecule has 0 radical (unpaired) electrons. The fraction of sp³-hybridized carbons (Fsp3) is 0.600. The Morgan fingerprint density at radius 3 is 1.91 bits per heavy atom. The second-order valence-electron chi connectivity index (χ2n) is 6.00. The summed E-state index contributed by atoms with van der Waals surface area (Å²) >= 11 is 12.4. The van der Waals surface area contributed by atoms with Gasteiger partial charge in [-0.15, -0.1) is 0 Å². The molecule has 8 heteroatoms. The maximum atomic E-state index is 12.6. The predicted molar refractivity (Wildman–Crippen MR) is 92.5 cm³/mol. The quantitative estimate of drug-likeness (QED) is 0.769. The molecule has 0 N–H and O–H groups in total. The standard InChI is InChI=1S/C15H21Cl2N5O/c1-19-2-4-21(5-3-19)15(23)22-8-6-20(7-9-22)14-12(16)10-18-11-13(14)17/h10-11H,2-9H2,1H3. The SMILES string of the molecule is CN1CCN(C(=O)N2CCN(c3c(Cl)cncc3Cl)CC2)CC1. The molecule has 6 nitrogen and oxygen atoms in total. The number of hydrogen-bond donors (Lipinski definition) is 0. The molecule has 0 unspecified atom stereocenters. The molecule has 2 aliphatic rings. The first kappa shape index (κ1) is 16.6. The minimum atomic E-state index is 0.143. The molecule has 1 aromatic rings. The molecule has 3 rings (SSSR count). The molecule has 23 heavy (non-hydrogen) atoms. The number of likely N-dealkylation sites (N-methyl/N-ethyl adjacent to an activating group) is 1. The van der Waals surface area contributed by atoms with Crippen molar-refractivity contribution in [2.45, 2.75) is 0 Å². The fourth-order valence-corrected chi connectivity index (χ4v) is 3.63. The normalized spacial score (nSPS) is 20.0. The number of nitrogens with zero attached hydrogens (tertiary/aromatic N) is 5. The minimum Gasteiger partial charge on any atom is -0.365 e. The van der Waals surface area contributed by atoms with Gasteiger partial charge in [-0.1, -0.05) is 23.2 Å². The van der Waals surface area contributed by atoms with E-state index in [1.165, 1.54) is 0 Å². The van der Waals surface area contributed by atoms with Crippen LogP contribution < -0.4 is 4.90 Å². The van der Waals surface area contributed by atoms with E-state index in [9.17, 15) is 4.79 Å². The van der Waals surface area contributed by atoms with E-state index in [2.05, 4.69) is 21.8 Å². The van der Waals surface area contributed by atoms with Crippen LogP contribution in [0.1, 0.15) is 0 Å². The highest BCUT2D eigenvalue weighted by Gasteiger charge is 2.28. The maximum absolute atomic E-state index is 12.6. The fourth-order valence-electron chi connectivity index (χ4n) is 3.03. The summed E-state index contributed by atoms with van der Waals surface area (Å²) in [4.78, 5) is 24.8. The number of aromatic nitrogens is 1. The number of anilines is 1. The van der Waals surface area contributed by atoms with Crippen molar-refractivity contribution in [3.8, 4) is 0 Å². The van der Waals surface area contributed by atoms with Gasteiger partial charge >= 0.3 is 6.03 Å². The van der Waals surface area contributed by atoms with Crippen molar-refractivity contribution in [1.82, 2.24) is 19.7 Å². The Kier molecular flexibility index (Phi) is 5.14. The van der Waals surface area contributed by atoms with Crippen LogP contribution in [0.25, 0.3) is 0 Å². The van der Waals surface area contributed by atoms with Crippen LogP contribution in [0, 0.1) is 0 Å². The molecule has 3 heterocycles. The van der Waals surface area contributed by atoms with Gasteiger partial charge in [0.25, 0.3) is 0 Å². The number of piperazine rings is 2. The van der Waals surface area contributed by atoms with E-state index in [4.69, 9.17) is 23.2 Å². The topological polar surface area (TPSA) is 42.9 Å². The summed E-state index contributed by atoms with van der Waals surface area (Å²) in [6, 6.07) is 0.143. The Morgan fingerprint density at radius 1 is 0.913 bits per heavy atom. The van der Waals surface area contributed by atoms with E-state index >= 15 is 0 Å². The van der Waals surface area contributed by atoms with Gasteiger partial charge in [-0.3, -0.25) is 4.98 Å². The smallest absolute Gasteiger partial charge is 0.320 e. The van der Waals surface area contributed by atoms with Gasteiger partial charge < -0.3 is 19.6 Å². The lowest BCUT2D eigenvalue weighted by atomic mass is 10.2. The van der Waals surface area contributed by atoms with Crippen LogP contribution in [0.3, 0.4) is 0 Å². The highest BCUT2D eigenvalue weighted by atomic mass is 35.5. The first-order valence-corrected chi connectivity index (χ1v) is 8.58. The molecule has 2 fully saturated rings. The predicted octanol–water partition coefficient (Wildman–Crippen LogP) is 1.88. The number of halogens is 2. The average molecular weight is 358 g/mol. The van der Waals surface area contributed by atoms with Gasteiger partial charge in [0.2, 0.25) is 0 Å². The number of pyridine rings is 1. The van der Waals surface area contributed by atoms with Gasteiger partial charge in [-0.05, 0) is 7.05 Å². The summed E-state index contributed by atoms with van der Waals surface area (Å²) in [7, 11) is 2.09. The molecule has 0 spiro atoms. The van der Waals surface area contributed by atoms with E-state index in [0.29, 0.717) is 23.1 Å². The molecule has 2 amide bonds. The average Bonchev–Trinajstić information content (AvgIpc) is 2.55. The number of hydrogen-bond acceptors (Lipinski definition) is 4. The number of carbonyl (C=O) groups excluding carboxylic acids is 1. The Labute approximate surface area is 146 Å². The van der Waals surface area contributed by atoms with Gasteiger partial charge in [0, 0.05) is 64.8 Å². The van der Waals surface area contributed by atoms with Crippen molar-refractivity contribution in [2.75, 3.05) is 64.3 Å². The van der Waals surface area contributed by atoms with Crippen molar-refractivity contribution in [1.29, 1.82) is 0 Å². The molecule has 2 aliphatic heterocycles. The Balaban J connectivity index is 1.59. The third kappa shape index (κ3) is 3.65. The van der Waals surface area contributed by atoms with Crippen LogP contribution in [-0.4, -0.2) is 85.1 Å². The number of urea groups is 1. The molecular formula is C15H21Cl2N5O. The van der Waals surface area contributed by atoms with Gasteiger partial charge in [0.1, 0.15) is 0 Å². The van der Waals surface area contributed by atoms with Gasteiger partial charge in [-0.2, -0.15) is 0 Å². The van der Waals surface area contributed by atoms with Gasteiger partial charge in [0.05, 0.1) is 15.7 Å². The first-order chi connectivity index (χ1) is 11.1. The third-order valence-corrected chi connectivity index (χ3v) is 5.02. The summed E-state index contributed by atoms with van der Waals surface area (Å²) in [6.45, 7) is 6.29. The largest absolute Gasteiger partial charge is 0.365 e. The van der Waals surface area contributed by atoms with Gasteiger partial charge in [-0.25, -0.2) is 4.79 Å². The zero-order chi connectivity index (χ0) is 16.4. The van der Waals surface area contributed by atoms with Crippen LogP contribution in [0.15, 0.2) is 12.4 Å². The molecule has 1 aromatic heterocycles. The van der Waals surface area contributed by atoms with Crippen molar-refractivity contribution in [3.05, 3.63) is 22.4 Å². The summed E-state index contributed by atoms with van der Waals surface area (Å²) in [5.41, 5.74) is 0.815. The lowest BCUT2D eigenvalue weighted by Gasteiger charge is -2.40. The first-order valence-electron chi connectivity index (χ1n) is 7.82. The zero-order valence-electron chi connectivity index (χ0n) is 13.2. The molecule has 0 atom stereocenters. The maximum Gasteiger partial charge on any atom is 0.320 e. The van der Waals surface area contributed by atoms with Crippen LogP contribution >= 0.6 is 23.2 Å². The van der Waals surface area contributed by atoms with Crippen molar-refractivity contribution in [3.63, 3.8) is 0 Å². The van der Waals surface area contributed by atoms with E-state index in [0.717, 1.165) is 45.0 Å². The van der Waals surface area contributed by atoms with E-state index < -0.39 is 0 Å². The Hall–Kier alpha value is -1.24.